The quantitative estimate of drug-likeness (QED) is 0.778. The number of nitrogens with one attached hydrogen (secondary N) is 1. The molecule has 1 aliphatic rings. The SMILES string of the molecule is CCNC(c1cc(Br)ccc1Br)c1cccc2c1OCC2. The maximum atomic E-state index is 5.88. The highest BCUT2D eigenvalue weighted by atomic mass is 79.9. The van der Waals surface area contributed by atoms with Gasteiger partial charge in [0, 0.05) is 20.9 Å². The van der Waals surface area contributed by atoms with E-state index in [-0.39, 0.29) is 6.04 Å². The molecular weight excluding hydrogens is 394 g/mol. The first kappa shape index (κ1) is 15.1. The fraction of sp³-hybridized carbons (Fsp3) is 0.294. The predicted molar refractivity (Wildman–Crippen MR) is 93.0 cm³/mol. The monoisotopic (exact) mass is 409 g/mol. The first-order valence-electron chi connectivity index (χ1n) is 7.13. The molecule has 1 unspecified atom stereocenters. The Morgan fingerprint density at radius 1 is 1.19 bits per heavy atom. The van der Waals surface area contributed by atoms with Gasteiger partial charge in [-0.2, -0.15) is 0 Å². The lowest BCUT2D eigenvalue weighted by Gasteiger charge is -2.22. The van der Waals surface area contributed by atoms with Crippen molar-refractivity contribution in [1.29, 1.82) is 0 Å². The number of fused-ring (bicyclic) bond motifs is 1. The molecule has 0 spiro atoms. The van der Waals surface area contributed by atoms with E-state index in [0.717, 1.165) is 34.3 Å². The lowest BCUT2D eigenvalue weighted by molar-refractivity contribution is 0.350. The Morgan fingerprint density at radius 3 is 2.86 bits per heavy atom. The number of benzene rings is 2. The second-order valence-electron chi connectivity index (χ2n) is 5.09. The van der Waals surface area contributed by atoms with Crippen LogP contribution in [-0.4, -0.2) is 13.2 Å². The number of rotatable bonds is 4. The van der Waals surface area contributed by atoms with Crippen LogP contribution in [0.15, 0.2) is 45.3 Å². The zero-order chi connectivity index (χ0) is 14.8. The molecule has 2 aromatic rings. The molecule has 1 aliphatic heterocycles. The van der Waals surface area contributed by atoms with Crippen LogP contribution in [0.4, 0.5) is 0 Å². The van der Waals surface area contributed by atoms with Gasteiger partial charge in [0.05, 0.1) is 12.6 Å². The molecule has 4 heteroatoms. The summed E-state index contributed by atoms with van der Waals surface area (Å²) in [5.74, 6) is 1.05. The van der Waals surface area contributed by atoms with Crippen LogP contribution < -0.4 is 10.1 Å². The molecule has 0 saturated heterocycles. The number of ether oxygens (including phenoxy) is 1. The van der Waals surface area contributed by atoms with Crippen molar-refractivity contribution >= 4 is 31.9 Å². The average Bonchev–Trinajstić information content (AvgIpc) is 2.96. The molecular formula is C17H17Br2NO. The molecule has 0 saturated carbocycles. The lowest BCUT2D eigenvalue weighted by Crippen LogP contribution is -2.23. The molecule has 2 aromatic carbocycles. The van der Waals surface area contributed by atoms with Crippen molar-refractivity contribution in [2.24, 2.45) is 0 Å². The Morgan fingerprint density at radius 2 is 2.05 bits per heavy atom. The third-order valence-corrected chi connectivity index (χ3v) is 4.95. The van der Waals surface area contributed by atoms with E-state index in [0.29, 0.717) is 0 Å². The highest BCUT2D eigenvalue weighted by Gasteiger charge is 2.24. The first-order chi connectivity index (χ1) is 10.2. The Hall–Kier alpha value is -0.840. The second kappa shape index (κ2) is 6.51. The third-order valence-electron chi connectivity index (χ3n) is 3.73. The molecule has 2 nitrogen and oxygen atoms in total. The third kappa shape index (κ3) is 3.03. The topological polar surface area (TPSA) is 21.3 Å². The molecule has 1 heterocycles. The van der Waals surface area contributed by atoms with E-state index in [4.69, 9.17) is 4.74 Å². The zero-order valence-corrected chi connectivity index (χ0v) is 15.0. The molecule has 0 bridgehead atoms. The van der Waals surface area contributed by atoms with Crippen LogP contribution in [0.3, 0.4) is 0 Å². The van der Waals surface area contributed by atoms with Crippen LogP contribution in [0, 0.1) is 0 Å². The van der Waals surface area contributed by atoms with Gasteiger partial charge in [0.15, 0.2) is 0 Å². The van der Waals surface area contributed by atoms with Crippen molar-refractivity contribution < 1.29 is 4.74 Å². The molecule has 1 N–H and O–H groups in total. The van der Waals surface area contributed by atoms with Crippen molar-refractivity contribution in [3.63, 3.8) is 0 Å². The summed E-state index contributed by atoms with van der Waals surface area (Å²) in [7, 11) is 0. The highest BCUT2D eigenvalue weighted by Crippen LogP contribution is 2.38. The van der Waals surface area contributed by atoms with Gasteiger partial charge in [-0.05, 0) is 35.9 Å². The van der Waals surface area contributed by atoms with Crippen LogP contribution in [-0.2, 0) is 6.42 Å². The van der Waals surface area contributed by atoms with Gasteiger partial charge in [-0.25, -0.2) is 0 Å². The zero-order valence-electron chi connectivity index (χ0n) is 11.8. The van der Waals surface area contributed by atoms with Crippen molar-refractivity contribution in [1.82, 2.24) is 5.32 Å². The van der Waals surface area contributed by atoms with Crippen LogP contribution >= 0.6 is 31.9 Å². The van der Waals surface area contributed by atoms with Gasteiger partial charge in [0.25, 0.3) is 0 Å². The maximum Gasteiger partial charge on any atom is 0.127 e. The molecule has 3 rings (SSSR count). The number of hydrogen-bond acceptors (Lipinski definition) is 2. The minimum Gasteiger partial charge on any atom is -0.493 e. The van der Waals surface area contributed by atoms with E-state index >= 15 is 0 Å². The largest absolute Gasteiger partial charge is 0.493 e. The normalized spacial score (nSPS) is 14.6. The molecule has 110 valence electrons. The molecule has 0 amide bonds. The Labute approximate surface area is 142 Å². The fourth-order valence-corrected chi connectivity index (χ4v) is 3.65. The molecule has 0 aromatic heterocycles. The standard InChI is InChI=1S/C17H17Br2NO/c1-2-20-16(14-10-12(18)6-7-15(14)19)13-5-3-4-11-8-9-21-17(11)13/h3-7,10,16,20H,2,8-9H2,1H3. The molecule has 1 atom stereocenters. The average molecular weight is 411 g/mol. The number of para-hydroxylation sites is 1. The summed E-state index contributed by atoms with van der Waals surface area (Å²) in [6.07, 6.45) is 1.00. The van der Waals surface area contributed by atoms with E-state index < -0.39 is 0 Å². The fourth-order valence-electron chi connectivity index (χ4n) is 2.80. The van der Waals surface area contributed by atoms with Crippen LogP contribution in [0.25, 0.3) is 0 Å². The van der Waals surface area contributed by atoms with E-state index in [1.165, 1.54) is 16.7 Å². The van der Waals surface area contributed by atoms with Gasteiger partial charge < -0.3 is 10.1 Å². The summed E-state index contributed by atoms with van der Waals surface area (Å²) < 4.78 is 8.07. The summed E-state index contributed by atoms with van der Waals surface area (Å²) in [4.78, 5) is 0. The van der Waals surface area contributed by atoms with Crippen LogP contribution in [0.5, 0.6) is 5.75 Å². The molecule has 0 radical (unpaired) electrons. The summed E-state index contributed by atoms with van der Waals surface area (Å²) >= 11 is 7.25. The smallest absolute Gasteiger partial charge is 0.127 e. The van der Waals surface area contributed by atoms with Crippen molar-refractivity contribution in [2.75, 3.05) is 13.2 Å². The van der Waals surface area contributed by atoms with E-state index in [1.54, 1.807) is 0 Å². The Bertz CT molecular complexity index is 657. The van der Waals surface area contributed by atoms with Gasteiger partial charge in [-0.1, -0.05) is 57.0 Å². The number of halogens is 2. The van der Waals surface area contributed by atoms with E-state index in [2.05, 4.69) is 74.4 Å². The first-order valence-corrected chi connectivity index (χ1v) is 8.72. The van der Waals surface area contributed by atoms with E-state index in [9.17, 15) is 0 Å². The Kier molecular flexibility index (Phi) is 4.67. The highest BCUT2D eigenvalue weighted by molar-refractivity contribution is 9.11. The van der Waals surface area contributed by atoms with Crippen molar-refractivity contribution in [3.8, 4) is 5.75 Å². The Balaban J connectivity index is 2.10. The number of hydrogen-bond donors (Lipinski definition) is 1. The maximum absolute atomic E-state index is 5.88. The van der Waals surface area contributed by atoms with Gasteiger partial charge in [-0.3, -0.25) is 0 Å². The lowest BCUT2D eigenvalue weighted by atomic mass is 9.96. The van der Waals surface area contributed by atoms with Crippen LogP contribution in [0.1, 0.15) is 29.7 Å². The second-order valence-corrected chi connectivity index (χ2v) is 6.86. The molecule has 21 heavy (non-hydrogen) atoms. The minimum absolute atomic E-state index is 0.120. The van der Waals surface area contributed by atoms with E-state index in [1.807, 2.05) is 6.07 Å². The molecule has 0 fully saturated rings. The summed E-state index contributed by atoms with van der Waals surface area (Å²) in [5.41, 5.74) is 3.74. The van der Waals surface area contributed by atoms with Gasteiger partial charge >= 0.3 is 0 Å². The van der Waals surface area contributed by atoms with Crippen LogP contribution in [0.2, 0.25) is 0 Å². The van der Waals surface area contributed by atoms with Gasteiger partial charge in [0.2, 0.25) is 0 Å². The van der Waals surface area contributed by atoms with Gasteiger partial charge in [-0.15, -0.1) is 0 Å². The van der Waals surface area contributed by atoms with Gasteiger partial charge in [0.1, 0.15) is 5.75 Å². The van der Waals surface area contributed by atoms with Crippen molar-refractivity contribution in [3.05, 3.63) is 62.0 Å². The summed E-state index contributed by atoms with van der Waals surface area (Å²) in [5, 5.41) is 3.58. The summed E-state index contributed by atoms with van der Waals surface area (Å²) in [6.45, 7) is 3.81. The predicted octanol–water partition coefficient (Wildman–Crippen LogP) is 4.85. The summed E-state index contributed by atoms with van der Waals surface area (Å²) in [6, 6.07) is 12.8. The van der Waals surface area contributed by atoms with Crippen molar-refractivity contribution in [2.45, 2.75) is 19.4 Å². The molecule has 0 aliphatic carbocycles. The minimum atomic E-state index is 0.120.